The molecule has 0 heterocycles. The molecule has 4 nitrogen and oxygen atoms in total. The van der Waals surface area contributed by atoms with Crippen molar-refractivity contribution in [3.05, 3.63) is 47.3 Å². The molecule has 0 aromatic heterocycles. The molecule has 0 unspecified atom stereocenters. The minimum atomic E-state index is -0.984. The number of carbonyl (C=O) groups excluding carboxylic acids is 1. The first-order chi connectivity index (χ1) is 10.2. The van der Waals surface area contributed by atoms with Gasteiger partial charge in [-0.3, -0.25) is 4.85 Å². The van der Waals surface area contributed by atoms with Crippen LogP contribution < -0.4 is 0 Å². The molecule has 2 rings (SSSR count). The summed E-state index contributed by atoms with van der Waals surface area (Å²) in [6.45, 7) is 10.0. The van der Waals surface area contributed by atoms with Gasteiger partial charge in [0.25, 0.3) is 0 Å². The summed E-state index contributed by atoms with van der Waals surface area (Å²) in [5.41, 5.74) is 0.160. The Hall–Kier alpha value is -1.86. The van der Waals surface area contributed by atoms with E-state index in [0.29, 0.717) is 26.1 Å². The zero-order chi connectivity index (χ0) is 15.1. The van der Waals surface area contributed by atoms with Crippen molar-refractivity contribution in [2.45, 2.75) is 50.9 Å². The molecule has 21 heavy (non-hydrogen) atoms. The Balaban J connectivity index is 1.85. The molecular formula is C17H21NO3. The van der Waals surface area contributed by atoms with E-state index < -0.39 is 5.54 Å². The molecule has 0 saturated heterocycles. The number of nitrogens with zero attached hydrogens (tertiary/aromatic N) is 1. The van der Waals surface area contributed by atoms with Crippen molar-refractivity contribution in [2.24, 2.45) is 0 Å². The van der Waals surface area contributed by atoms with Gasteiger partial charge in [0, 0.05) is 12.8 Å². The van der Waals surface area contributed by atoms with E-state index in [0.717, 1.165) is 18.4 Å². The fourth-order valence-corrected chi connectivity index (χ4v) is 2.65. The Morgan fingerprint density at radius 1 is 1.33 bits per heavy atom. The van der Waals surface area contributed by atoms with Crippen molar-refractivity contribution in [3.8, 4) is 0 Å². The van der Waals surface area contributed by atoms with Gasteiger partial charge in [0.15, 0.2) is 0 Å². The van der Waals surface area contributed by atoms with Crippen LogP contribution in [0.1, 0.15) is 38.2 Å². The van der Waals surface area contributed by atoms with E-state index in [9.17, 15) is 4.79 Å². The smallest absolute Gasteiger partial charge is 0.393 e. The first-order valence-corrected chi connectivity index (χ1v) is 7.41. The third-order valence-corrected chi connectivity index (χ3v) is 3.96. The number of hydrogen-bond acceptors (Lipinski definition) is 3. The highest BCUT2D eigenvalue weighted by Gasteiger charge is 2.49. The van der Waals surface area contributed by atoms with E-state index >= 15 is 0 Å². The number of rotatable bonds is 5. The normalized spacial score (nSPS) is 25.0. The van der Waals surface area contributed by atoms with Crippen LogP contribution in [0, 0.1) is 6.57 Å². The van der Waals surface area contributed by atoms with Crippen molar-refractivity contribution in [1.29, 1.82) is 0 Å². The molecule has 1 aromatic rings. The molecule has 112 valence electrons. The van der Waals surface area contributed by atoms with Gasteiger partial charge in [0.05, 0.1) is 19.3 Å². The fourth-order valence-electron chi connectivity index (χ4n) is 2.65. The zero-order valence-corrected chi connectivity index (χ0v) is 12.4. The quantitative estimate of drug-likeness (QED) is 0.616. The molecule has 1 aromatic carbocycles. The van der Waals surface area contributed by atoms with E-state index in [4.69, 9.17) is 16.0 Å². The molecule has 0 atom stereocenters. The molecule has 0 radical (unpaired) electrons. The summed E-state index contributed by atoms with van der Waals surface area (Å²) in [5.74, 6) is -0.374. The summed E-state index contributed by atoms with van der Waals surface area (Å²) in [5, 5.41) is 0. The van der Waals surface area contributed by atoms with Crippen LogP contribution in [0.25, 0.3) is 4.85 Å². The average molecular weight is 287 g/mol. The molecular weight excluding hydrogens is 266 g/mol. The average Bonchev–Trinajstić information content (AvgIpc) is 2.54. The Bertz CT molecular complexity index is 499. The molecule has 0 amide bonds. The second-order valence-electron chi connectivity index (χ2n) is 5.36. The highest BCUT2D eigenvalue weighted by Crippen LogP contribution is 2.34. The van der Waals surface area contributed by atoms with E-state index in [1.165, 1.54) is 0 Å². The van der Waals surface area contributed by atoms with Crippen LogP contribution in [0.4, 0.5) is 0 Å². The second kappa shape index (κ2) is 7.24. The lowest BCUT2D eigenvalue weighted by atomic mass is 9.81. The number of benzene rings is 1. The van der Waals surface area contributed by atoms with Crippen molar-refractivity contribution >= 4 is 5.97 Å². The van der Waals surface area contributed by atoms with Crippen LogP contribution in [-0.4, -0.2) is 24.2 Å². The Kier molecular flexibility index (Phi) is 5.35. The summed E-state index contributed by atoms with van der Waals surface area (Å²) in [6.07, 6.45) is 2.63. The topological polar surface area (TPSA) is 39.9 Å². The summed E-state index contributed by atoms with van der Waals surface area (Å²) in [6, 6.07) is 10.0. The number of esters is 1. The number of ether oxygens (including phenoxy) is 2. The van der Waals surface area contributed by atoms with Gasteiger partial charge < -0.3 is 9.47 Å². The fraction of sp³-hybridized carbons (Fsp3) is 0.529. The SMILES string of the molecule is [C-]#[N+]C1(C(=O)OCC)CCC(OCc2ccccc2)CC1. The molecule has 1 aliphatic rings. The minimum absolute atomic E-state index is 0.120. The van der Waals surface area contributed by atoms with Crippen LogP contribution in [-0.2, 0) is 20.9 Å². The lowest BCUT2D eigenvalue weighted by Gasteiger charge is -2.29. The van der Waals surface area contributed by atoms with Gasteiger partial charge in [-0.2, -0.15) is 0 Å². The number of hydrogen-bond donors (Lipinski definition) is 0. The maximum absolute atomic E-state index is 12.0. The molecule has 0 bridgehead atoms. The van der Waals surface area contributed by atoms with Crippen LogP contribution >= 0.6 is 0 Å². The lowest BCUT2D eigenvalue weighted by Crippen LogP contribution is -2.42. The zero-order valence-electron chi connectivity index (χ0n) is 12.4. The van der Waals surface area contributed by atoms with Crippen molar-refractivity contribution in [2.75, 3.05) is 6.61 Å². The molecule has 1 saturated carbocycles. The Labute approximate surface area is 125 Å². The van der Waals surface area contributed by atoms with E-state index in [1.807, 2.05) is 30.3 Å². The molecule has 1 aliphatic carbocycles. The third kappa shape index (κ3) is 3.83. The van der Waals surface area contributed by atoms with Gasteiger partial charge in [-0.05, 0) is 25.3 Å². The van der Waals surface area contributed by atoms with Crippen LogP contribution in [0.3, 0.4) is 0 Å². The third-order valence-electron chi connectivity index (χ3n) is 3.96. The maximum atomic E-state index is 12.0. The van der Waals surface area contributed by atoms with Crippen molar-refractivity contribution < 1.29 is 14.3 Å². The molecule has 1 fully saturated rings. The van der Waals surface area contributed by atoms with Crippen LogP contribution in [0.5, 0.6) is 0 Å². The molecule has 4 heteroatoms. The van der Waals surface area contributed by atoms with Gasteiger partial charge in [-0.15, -0.1) is 0 Å². The van der Waals surface area contributed by atoms with E-state index in [-0.39, 0.29) is 12.1 Å². The van der Waals surface area contributed by atoms with Crippen LogP contribution in [0.15, 0.2) is 30.3 Å². The number of carbonyl (C=O) groups is 1. The van der Waals surface area contributed by atoms with Gasteiger partial charge in [-0.25, -0.2) is 11.4 Å². The van der Waals surface area contributed by atoms with Gasteiger partial charge >= 0.3 is 11.5 Å². The maximum Gasteiger partial charge on any atom is 0.393 e. The van der Waals surface area contributed by atoms with E-state index in [2.05, 4.69) is 4.85 Å². The first-order valence-electron chi connectivity index (χ1n) is 7.41. The summed E-state index contributed by atoms with van der Waals surface area (Å²) in [7, 11) is 0. The summed E-state index contributed by atoms with van der Waals surface area (Å²) in [4.78, 5) is 15.5. The standard InChI is InChI=1S/C17H21NO3/c1-3-20-16(19)17(18-2)11-9-15(10-12-17)21-13-14-7-5-4-6-8-14/h4-8,15H,3,9-13H2,1H3. The molecule has 0 aliphatic heterocycles. The minimum Gasteiger partial charge on any atom is -0.460 e. The molecule has 0 N–H and O–H groups in total. The highest BCUT2D eigenvalue weighted by molar-refractivity contribution is 5.83. The van der Waals surface area contributed by atoms with Crippen molar-refractivity contribution in [3.63, 3.8) is 0 Å². The highest BCUT2D eigenvalue weighted by atomic mass is 16.5. The second-order valence-corrected chi connectivity index (χ2v) is 5.36. The van der Waals surface area contributed by atoms with E-state index in [1.54, 1.807) is 6.92 Å². The van der Waals surface area contributed by atoms with Crippen molar-refractivity contribution in [1.82, 2.24) is 0 Å². The van der Waals surface area contributed by atoms with Crippen LogP contribution in [0.2, 0.25) is 0 Å². The Morgan fingerprint density at radius 3 is 2.57 bits per heavy atom. The van der Waals surface area contributed by atoms with Gasteiger partial charge in [-0.1, -0.05) is 30.3 Å². The summed E-state index contributed by atoms with van der Waals surface area (Å²) < 4.78 is 10.9. The first kappa shape index (κ1) is 15.5. The monoisotopic (exact) mass is 287 g/mol. The molecule has 0 spiro atoms. The largest absolute Gasteiger partial charge is 0.460 e. The van der Waals surface area contributed by atoms with Gasteiger partial charge in [0.1, 0.15) is 0 Å². The summed E-state index contributed by atoms with van der Waals surface area (Å²) >= 11 is 0. The van der Waals surface area contributed by atoms with Gasteiger partial charge in [0.2, 0.25) is 0 Å². The Morgan fingerprint density at radius 2 is 2.00 bits per heavy atom. The predicted molar refractivity (Wildman–Crippen MR) is 79.5 cm³/mol. The lowest BCUT2D eigenvalue weighted by molar-refractivity contribution is -0.150. The predicted octanol–water partition coefficient (Wildman–Crippen LogP) is 3.37.